The summed E-state index contributed by atoms with van der Waals surface area (Å²) in [5.74, 6) is -0.713. The maximum atomic E-state index is 12.5. The molecule has 2 N–H and O–H groups in total. The van der Waals surface area contributed by atoms with Crippen molar-refractivity contribution in [1.82, 2.24) is 15.1 Å². The summed E-state index contributed by atoms with van der Waals surface area (Å²) >= 11 is 1.38. The van der Waals surface area contributed by atoms with E-state index < -0.39 is 29.7 Å². The number of likely N-dealkylation sites (tertiary alicyclic amines) is 1. The highest BCUT2D eigenvalue weighted by molar-refractivity contribution is 7.99. The molecule has 1 aliphatic rings. The van der Waals surface area contributed by atoms with E-state index in [1.54, 1.807) is 32.7 Å². The lowest BCUT2D eigenvalue weighted by atomic mass is 10.1. The third kappa shape index (κ3) is 8.61. The Balaban J connectivity index is 2.72. The van der Waals surface area contributed by atoms with Crippen LogP contribution in [0.1, 0.15) is 40.0 Å². The van der Waals surface area contributed by atoms with Gasteiger partial charge in [0.05, 0.1) is 5.75 Å². The van der Waals surface area contributed by atoms with Gasteiger partial charge in [0.25, 0.3) is 0 Å². The molecule has 0 aromatic carbocycles. The molecule has 0 spiro atoms. The Morgan fingerprint density at radius 2 is 2.00 bits per heavy atom. The number of aliphatic carboxylic acids is 1. The fourth-order valence-electron chi connectivity index (χ4n) is 3.31. The predicted molar refractivity (Wildman–Crippen MR) is 111 cm³/mol. The van der Waals surface area contributed by atoms with Crippen LogP contribution >= 0.6 is 11.8 Å². The zero-order valence-corrected chi connectivity index (χ0v) is 18.7. The third-order valence-corrected chi connectivity index (χ3v) is 5.30. The molecule has 10 heteroatoms. The van der Waals surface area contributed by atoms with E-state index in [1.165, 1.54) is 11.8 Å². The van der Waals surface area contributed by atoms with Crippen LogP contribution < -0.4 is 5.32 Å². The molecule has 29 heavy (non-hydrogen) atoms. The van der Waals surface area contributed by atoms with Crippen molar-refractivity contribution in [3.8, 4) is 0 Å². The number of alkyl carbamates (subject to hydrolysis) is 1. The minimum atomic E-state index is -0.885. The second-order valence-corrected chi connectivity index (χ2v) is 9.07. The highest BCUT2D eigenvalue weighted by atomic mass is 32.2. The first-order valence-corrected chi connectivity index (χ1v) is 11.0. The quantitative estimate of drug-likeness (QED) is 0.496. The molecule has 1 fully saturated rings. The van der Waals surface area contributed by atoms with Gasteiger partial charge in [0, 0.05) is 19.1 Å². The monoisotopic (exact) mass is 431 g/mol. The number of aldehydes is 1. The zero-order valence-electron chi connectivity index (χ0n) is 17.8. The van der Waals surface area contributed by atoms with E-state index in [2.05, 4.69) is 5.32 Å². The van der Waals surface area contributed by atoms with Gasteiger partial charge in [-0.2, -0.15) is 11.8 Å². The van der Waals surface area contributed by atoms with Crippen molar-refractivity contribution in [2.75, 3.05) is 32.1 Å². The summed E-state index contributed by atoms with van der Waals surface area (Å²) in [4.78, 5) is 50.6. The molecule has 2 amide bonds. The summed E-state index contributed by atoms with van der Waals surface area (Å²) in [6, 6.07) is -1.34. The summed E-state index contributed by atoms with van der Waals surface area (Å²) in [5, 5.41) is 11.7. The van der Waals surface area contributed by atoms with E-state index in [0.717, 1.165) is 6.42 Å². The lowest BCUT2D eigenvalue weighted by Crippen LogP contribution is -2.49. The topological polar surface area (TPSA) is 116 Å². The van der Waals surface area contributed by atoms with Crippen LogP contribution in [0.15, 0.2) is 0 Å². The fourth-order valence-corrected chi connectivity index (χ4v) is 3.74. The van der Waals surface area contributed by atoms with E-state index in [4.69, 9.17) is 4.74 Å². The number of hydrogen-bond donors (Lipinski definition) is 2. The average Bonchev–Trinajstić information content (AvgIpc) is 2.96. The Morgan fingerprint density at radius 3 is 2.48 bits per heavy atom. The molecule has 1 rings (SSSR count). The first kappa shape index (κ1) is 25.2. The van der Waals surface area contributed by atoms with Crippen LogP contribution in [-0.2, 0) is 19.1 Å². The number of carboxylic acids is 1. The molecule has 166 valence electrons. The molecule has 0 radical (unpaired) electrons. The lowest BCUT2D eigenvalue weighted by molar-refractivity contribution is -0.142. The van der Waals surface area contributed by atoms with Gasteiger partial charge in [-0.3, -0.25) is 14.5 Å². The van der Waals surface area contributed by atoms with Gasteiger partial charge in [0.2, 0.25) is 5.91 Å². The van der Waals surface area contributed by atoms with Gasteiger partial charge >= 0.3 is 12.1 Å². The summed E-state index contributed by atoms with van der Waals surface area (Å²) in [7, 11) is 1.78. The largest absolute Gasteiger partial charge is 0.480 e. The predicted octanol–water partition coefficient (Wildman–Crippen LogP) is 1.21. The summed E-state index contributed by atoms with van der Waals surface area (Å²) in [6.07, 6.45) is 3.60. The van der Waals surface area contributed by atoms with Gasteiger partial charge in [-0.15, -0.1) is 0 Å². The number of likely N-dealkylation sites (N-methyl/N-ethyl adjacent to an activating group) is 1. The Morgan fingerprint density at radius 1 is 1.34 bits per heavy atom. The molecule has 1 heterocycles. The standard InChI is InChI=1S/C19H33N3O6S/c1-19(2,3)28-18(27)20-13(11-23)10-22(16(24)12-29-5)9-8-14-6-7-15(17(25)26)21(14)4/h11,13-15H,6-10,12H2,1-5H3,(H,20,27)(H,25,26). The summed E-state index contributed by atoms with van der Waals surface area (Å²) in [5.41, 5.74) is -0.695. The molecule has 0 aliphatic carbocycles. The van der Waals surface area contributed by atoms with E-state index in [-0.39, 0.29) is 24.2 Å². The number of hydrogen-bond acceptors (Lipinski definition) is 7. The van der Waals surface area contributed by atoms with Gasteiger partial charge < -0.3 is 24.9 Å². The highest BCUT2D eigenvalue weighted by Crippen LogP contribution is 2.25. The number of rotatable bonds is 10. The van der Waals surface area contributed by atoms with Crippen molar-refractivity contribution >= 4 is 36.0 Å². The van der Waals surface area contributed by atoms with E-state index >= 15 is 0 Å². The van der Waals surface area contributed by atoms with Crippen molar-refractivity contribution in [2.45, 2.75) is 63.8 Å². The number of nitrogens with zero attached hydrogens (tertiary/aromatic N) is 2. The van der Waals surface area contributed by atoms with Crippen LogP contribution in [0.5, 0.6) is 0 Å². The number of nitrogens with one attached hydrogen (secondary N) is 1. The number of carboxylic acid groups (broad SMARTS) is 1. The van der Waals surface area contributed by atoms with E-state index in [9.17, 15) is 24.3 Å². The Labute approximate surface area is 176 Å². The zero-order chi connectivity index (χ0) is 22.2. The van der Waals surface area contributed by atoms with Gasteiger partial charge in [0.15, 0.2) is 0 Å². The molecule has 0 aromatic rings. The van der Waals surface area contributed by atoms with Crippen molar-refractivity contribution < 1.29 is 29.0 Å². The second kappa shape index (κ2) is 11.4. The van der Waals surface area contributed by atoms with Gasteiger partial charge in [-0.05, 0) is 53.3 Å². The number of amides is 2. The van der Waals surface area contributed by atoms with Crippen LogP contribution in [0.3, 0.4) is 0 Å². The lowest BCUT2D eigenvalue weighted by Gasteiger charge is -2.29. The van der Waals surface area contributed by atoms with Crippen molar-refractivity contribution in [3.63, 3.8) is 0 Å². The number of thioether (sulfide) groups is 1. The minimum absolute atomic E-state index is 0.0426. The maximum Gasteiger partial charge on any atom is 0.408 e. The molecule has 3 atom stereocenters. The van der Waals surface area contributed by atoms with Crippen LogP contribution in [0, 0.1) is 0 Å². The Bertz CT molecular complexity index is 595. The Kier molecular flexibility index (Phi) is 9.91. The number of ether oxygens (including phenoxy) is 1. The third-order valence-electron chi connectivity index (χ3n) is 4.76. The van der Waals surface area contributed by atoms with E-state index in [0.29, 0.717) is 25.7 Å². The highest BCUT2D eigenvalue weighted by Gasteiger charge is 2.35. The van der Waals surface area contributed by atoms with Crippen molar-refractivity contribution in [2.24, 2.45) is 0 Å². The van der Waals surface area contributed by atoms with Crippen LogP contribution in [-0.4, -0.2) is 95.0 Å². The molecule has 1 saturated heterocycles. The number of carbonyl (C=O) groups is 4. The molecule has 0 saturated carbocycles. The Hall–Kier alpha value is -1.81. The summed E-state index contributed by atoms with van der Waals surface area (Å²) in [6.45, 7) is 5.58. The number of carbonyl (C=O) groups excluding carboxylic acids is 3. The fraction of sp³-hybridized carbons (Fsp3) is 0.789. The smallest absolute Gasteiger partial charge is 0.408 e. The molecular weight excluding hydrogens is 398 g/mol. The summed E-state index contributed by atoms with van der Waals surface area (Å²) < 4.78 is 5.17. The van der Waals surface area contributed by atoms with Crippen molar-refractivity contribution in [1.29, 1.82) is 0 Å². The van der Waals surface area contributed by atoms with Gasteiger partial charge in [0.1, 0.15) is 24.0 Å². The van der Waals surface area contributed by atoms with Crippen LogP contribution in [0.4, 0.5) is 4.79 Å². The molecule has 3 unspecified atom stereocenters. The van der Waals surface area contributed by atoms with Crippen LogP contribution in [0.25, 0.3) is 0 Å². The SMILES string of the molecule is CSCC(=O)N(CCC1CCC(C(=O)O)N1C)CC(C=O)NC(=O)OC(C)(C)C. The van der Waals surface area contributed by atoms with Crippen molar-refractivity contribution in [3.05, 3.63) is 0 Å². The van der Waals surface area contributed by atoms with Gasteiger partial charge in [-0.25, -0.2) is 4.79 Å². The molecule has 0 bridgehead atoms. The molecule has 9 nitrogen and oxygen atoms in total. The second-order valence-electron chi connectivity index (χ2n) is 8.20. The average molecular weight is 432 g/mol. The molecule has 1 aliphatic heterocycles. The normalized spacial score (nSPS) is 20.7. The maximum absolute atomic E-state index is 12.5. The van der Waals surface area contributed by atoms with E-state index in [1.807, 2.05) is 11.2 Å². The van der Waals surface area contributed by atoms with Gasteiger partial charge in [-0.1, -0.05) is 0 Å². The first-order chi connectivity index (χ1) is 13.5. The first-order valence-electron chi connectivity index (χ1n) is 9.64. The molecular formula is C19H33N3O6S. The van der Waals surface area contributed by atoms with Crippen LogP contribution in [0.2, 0.25) is 0 Å². The minimum Gasteiger partial charge on any atom is -0.480 e. The molecule has 0 aromatic heterocycles.